The van der Waals surface area contributed by atoms with Crippen molar-refractivity contribution in [1.29, 1.82) is 0 Å². The standard InChI is InChI=1S/C10H18.C2H8OSi/c1-2-6-9(5-1)10-7-3-4-8-10;1-3-4-2/h9-10H,1-8H2;4H2,1-2H3. The molecule has 0 aromatic rings. The van der Waals surface area contributed by atoms with E-state index in [1.165, 1.54) is 25.7 Å². The fourth-order valence-corrected chi connectivity index (χ4v) is 2.86. The molecule has 84 valence electrons. The molecule has 0 aromatic heterocycles. The highest BCUT2D eigenvalue weighted by Crippen LogP contribution is 2.39. The average molecular weight is 214 g/mol. The first-order valence-electron chi connectivity index (χ1n) is 6.37. The lowest BCUT2D eigenvalue weighted by Crippen LogP contribution is -2.06. The first-order chi connectivity index (χ1) is 6.88. The van der Waals surface area contributed by atoms with E-state index < -0.39 is 0 Å². The highest BCUT2D eigenvalue weighted by atomic mass is 28.2. The number of rotatable bonds is 2. The van der Waals surface area contributed by atoms with Crippen LogP contribution in [0.25, 0.3) is 0 Å². The molecule has 1 nitrogen and oxygen atoms in total. The molecule has 2 aliphatic carbocycles. The second-order valence-electron chi connectivity index (χ2n) is 4.67. The van der Waals surface area contributed by atoms with E-state index in [1.807, 2.05) is 0 Å². The van der Waals surface area contributed by atoms with Gasteiger partial charge in [-0.15, -0.1) is 0 Å². The van der Waals surface area contributed by atoms with Crippen molar-refractivity contribution in [3.63, 3.8) is 0 Å². The molecule has 0 saturated heterocycles. The van der Waals surface area contributed by atoms with E-state index in [0.29, 0.717) is 0 Å². The summed E-state index contributed by atoms with van der Waals surface area (Å²) >= 11 is 0. The first-order valence-corrected chi connectivity index (χ1v) is 8.36. The van der Waals surface area contributed by atoms with Gasteiger partial charge in [0.2, 0.25) is 0 Å². The van der Waals surface area contributed by atoms with Crippen molar-refractivity contribution in [3.05, 3.63) is 0 Å². The molecule has 0 aliphatic heterocycles. The molecule has 0 spiro atoms. The summed E-state index contributed by atoms with van der Waals surface area (Å²) in [7, 11) is 1.67. The third kappa shape index (κ3) is 4.14. The summed E-state index contributed by atoms with van der Waals surface area (Å²) in [6, 6.07) is 0. The predicted octanol–water partition coefficient (Wildman–Crippen LogP) is 3.13. The lowest BCUT2D eigenvalue weighted by molar-refractivity contribution is 0.347. The Balaban J connectivity index is 0.000000213. The summed E-state index contributed by atoms with van der Waals surface area (Å²) in [4.78, 5) is 0. The zero-order chi connectivity index (χ0) is 10.2. The van der Waals surface area contributed by atoms with Crippen molar-refractivity contribution < 1.29 is 4.43 Å². The van der Waals surface area contributed by atoms with Gasteiger partial charge < -0.3 is 4.43 Å². The van der Waals surface area contributed by atoms with Gasteiger partial charge in [-0.2, -0.15) is 0 Å². The maximum Gasteiger partial charge on any atom is 0.157 e. The van der Waals surface area contributed by atoms with E-state index in [9.17, 15) is 0 Å². The summed E-state index contributed by atoms with van der Waals surface area (Å²) in [6.45, 7) is 2.10. The van der Waals surface area contributed by atoms with Crippen LogP contribution in [-0.2, 0) is 4.43 Å². The molecule has 0 N–H and O–H groups in total. The topological polar surface area (TPSA) is 9.23 Å². The Labute approximate surface area is 91.6 Å². The maximum atomic E-state index is 4.68. The van der Waals surface area contributed by atoms with Gasteiger partial charge in [0.25, 0.3) is 0 Å². The van der Waals surface area contributed by atoms with Crippen LogP contribution in [0.4, 0.5) is 0 Å². The lowest BCUT2D eigenvalue weighted by Gasteiger charge is -2.16. The van der Waals surface area contributed by atoms with E-state index in [1.54, 1.807) is 32.8 Å². The van der Waals surface area contributed by atoms with Crippen LogP contribution in [-0.4, -0.2) is 16.9 Å². The van der Waals surface area contributed by atoms with Crippen molar-refractivity contribution in [2.75, 3.05) is 7.11 Å². The highest BCUT2D eigenvalue weighted by molar-refractivity contribution is 6.24. The Kier molecular flexibility index (Phi) is 6.53. The molecule has 0 atom stereocenters. The van der Waals surface area contributed by atoms with Crippen molar-refractivity contribution in [2.45, 2.75) is 57.9 Å². The van der Waals surface area contributed by atoms with Crippen LogP contribution >= 0.6 is 0 Å². The molecule has 14 heavy (non-hydrogen) atoms. The van der Waals surface area contributed by atoms with Crippen LogP contribution in [0.5, 0.6) is 0 Å². The van der Waals surface area contributed by atoms with E-state index >= 15 is 0 Å². The van der Waals surface area contributed by atoms with Gasteiger partial charge >= 0.3 is 0 Å². The van der Waals surface area contributed by atoms with Gasteiger partial charge in [-0.25, -0.2) is 0 Å². The Morgan fingerprint density at radius 1 is 0.857 bits per heavy atom. The molecule has 2 rings (SSSR count). The van der Waals surface area contributed by atoms with Gasteiger partial charge in [0.15, 0.2) is 9.76 Å². The Hall–Kier alpha value is 0.177. The van der Waals surface area contributed by atoms with Gasteiger partial charge in [-0.05, 0) is 11.8 Å². The van der Waals surface area contributed by atoms with E-state index in [0.717, 1.165) is 11.8 Å². The summed E-state index contributed by atoms with van der Waals surface area (Å²) < 4.78 is 4.68. The van der Waals surface area contributed by atoms with Crippen LogP contribution in [0.15, 0.2) is 0 Å². The third-order valence-electron chi connectivity index (χ3n) is 3.76. The number of hydrogen-bond donors (Lipinski definition) is 0. The second kappa shape index (κ2) is 7.47. The van der Waals surface area contributed by atoms with Crippen molar-refractivity contribution in [2.24, 2.45) is 11.8 Å². The maximum absolute atomic E-state index is 4.68. The zero-order valence-corrected chi connectivity index (χ0v) is 11.3. The molecule has 2 fully saturated rings. The molecular formula is C12H26OSi. The Morgan fingerprint density at radius 2 is 1.14 bits per heavy atom. The van der Waals surface area contributed by atoms with Crippen LogP contribution < -0.4 is 0 Å². The molecule has 0 radical (unpaired) electrons. The van der Waals surface area contributed by atoms with Gasteiger partial charge in [0.1, 0.15) is 0 Å². The predicted molar refractivity (Wildman–Crippen MR) is 65.3 cm³/mol. The largest absolute Gasteiger partial charge is 0.427 e. The molecule has 2 saturated carbocycles. The van der Waals surface area contributed by atoms with Crippen LogP contribution in [0.1, 0.15) is 51.4 Å². The fraction of sp³-hybridized carbons (Fsp3) is 1.00. The minimum absolute atomic E-state index is 0.0756. The monoisotopic (exact) mass is 214 g/mol. The van der Waals surface area contributed by atoms with Crippen LogP contribution in [0.2, 0.25) is 6.55 Å². The zero-order valence-electron chi connectivity index (χ0n) is 9.93. The molecule has 0 heterocycles. The highest BCUT2D eigenvalue weighted by Gasteiger charge is 2.26. The summed E-state index contributed by atoms with van der Waals surface area (Å²) in [6.07, 6.45) is 12.4. The lowest BCUT2D eigenvalue weighted by atomic mass is 9.90. The number of hydrogen-bond acceptors (Lipinski definition) is 1. The van der Waals surface area contributed by atoms with E-state index in [-0.39, 0.29) is 9.76 Å². The second-order valence-corrected chi connectivity index (χ2v) is 5.82. The Bertz CT molecular complexity index is 110. The quantitative estimate of drug-likeness (QED) is 0.642. The van der Waals surface area contributed by atoms with Crippen molar-refractivity contribution in [1.82, 2.24) is 0 Å². The Morgan fingerprint density at radius 3 is 1.36 bits per heavy atom. The first kappa shape index (κ1) is 12.2. The van der Waals surface area contributed by atoms with E-state index in [4.69, 9.17) is 0 Å². The smallest absolute Gasteiger partial charge is 0.157 e. The molecular weight excluding hydrogens is 188 g/mol. The van der Waals surface area contributed by atoms with E-state index in [2.05, 4.69) is 11.0 Å². The molecule has 0 bridgehead atoms. The van der Waals surface area contributed by atoms with Gasteiger partial charge in [-0.1, -0.05) is 57.9 Å². The normalized spacial score (nSPS) is 24.4. The summed E-state index contributed by atoms with van der Waals surface area (Å²) in [5.41, 5.74) is 0. The average Bonchev–Trinajstić information content (AvgIpc) is 2.89. The summed E-state index contributed by atoms with van der Waals surface area (Å²) in [5, 5.41) is 0. The molecule has 0 unspecified atom stereocenters. The van der Waals surface area contributed by atoms with Gasteiger partial charge in [0, 0.05) is 7.11 Å². The molecule has 2 heteroatoms. The van der Waals surface area contributed by atoms with Gasteiger partial charge in [0.05, 0.1) is 0 Å². The molecule has 2 aliphatic rings. The summed E-state index contributed by atoms with van der Waals surface area (Å²) in [5.74, 6) is 2.31. The molecule has 0 amide bonds. The minimum atomic E-state index is -0.0756. The van der Waals surface area contributed by atoms with Crippen molar-refractivity contribution in [3.8, 4) is 0 Å². The SMILES string of the molecule is C1CCC(C2CCCC2)C1.CO[SiH2]C. The van der Waals surface area contributed by atoms with Gasteiger partial charge in [-0.3, -0.25) is 0 Å². The molecule has 0 aromatic carbocycles. The minimum Gasteiger partial charge on any atom is -0.427 e. The van der Waals surface area contributed by atoms with Crippen molar-refractivity contribution >= 4 is 9.76 Å². The fourth-order valence-electron chi connectivity index (χ4n) is 2.86. The third-order valence-corrected chi connectivity index (χ3v) is 4.33. The van der Waals surface area contributed by atoms with Crippen LogP contribution in [0, 0.1) is 11.8 Å². The van der Waals surface area contributed by atoms with Crippen LogP contribution in [0.3, 0.4) is 0 Å².